The van der Waals surface area contributed by atoms with Crippen LogP contribution in [-0.4, -0.2) is 29.7 Å². The Morgan fingerprint density at radius 1 is 0.975 bits per heavy atom. The topological polar surface area (TPSA) is 70.6 Å². The average Bonchev–Trinajstić information content (AvgIpc) is 2.85. The number of halogens is 6. The van der Waals surface area contributed by atoms with E-state index in [0.717, 1.165) is 24.3 Å². The molecule has 11 heteroatoms. The Bertz CT molecular complexity index is 1350. The Labute approximate surface area is 226 Å². The van der Waals surface area contributed by atoms with E-state index < -0.39 is 41.5 Å². The zero-order valence-electron chi connectivity index (χ0n) is 21.0. The Morgan fingerprint density at radius 3 is 2.23 bits per heavy atom. The molecule has 1 aliphatic rings. The molecule has 0 bridgehead atoms. The van der Waals surface area contributed by atoms with Crippen molar-refractivity contribution >= 4 is 6.03 Å². The Kier molecular flexibility index (Phi) is 8.32. The SMILES string of the molecule is C=C(O)[C@H]1C[C@@H](NC(=O)N[C@](Cc2ccccc2)(c2ccc(F)cc2)c2cc(F)cc(OC(F)(F)C(F)F)c2)C1. The number of nitrogens with one attached hydrogen (secondary N) is 2. The van der Waals surface area contributed by atoms with Gasteiger partial charge in [0, 0.05) is 24.4 Å². The summed E-state index contributed by atoms with van der Waals surface area (Å²) in [7, 11) is 0. The summed E-state index contributed by atoms with van der Waals surface area (Å²) in [5.41, 5.74) is -0.950. The van der Waals surface area contributed by atoms with Crippen LogP contribution in [0.5, 0.6) is 5.75 Å². The van der Waals surface area contributed by atoms with Crippen LogP contribution < -0.4 is 15.4 Å². The zero-order chi connectivity index (χ0) is 29.1. The average molecular weight is 565 g/mol. The number of hydrogen-bond donors (Lipinski definition) is 3. The minimum atomic E-state index is -4.91. The molecule has 0 aliphatic heterocycles. The standard InChI is InChI=1S/C29H26F6N2O3/c1-17(38)19-11-24(12-19)36-27(39)37-28(16-18-5-3-2-4-6-18,20-7-9-22(30)10-8-20)21-13-23(31)15-25(14-21)40-29(34,35)26(32)33/h2-10,13-15,19,24,26,38H,1,11-12,16H2,(H2,36,37,39)/t19-,24+,28-/m1/s1. The van der Waals surface area contributed by atoms with Gasteiger partial charge in [0.15, 0.2) is 0 Å². The number of aliphatic hydroxyl groups is 1. The molecule has 3 aromatic rings. The molecule has 3 aromatic carbocycles. The third kappa shape index (κ3) is 6.52. The molecule has 1 saturated carbocycles. The van der Waals surface area contributed by atoms with Crippen molar-refractivity contribution in [2.24, 2.45) is 5.92 Å². The van der Waals surface area contributed by atoms with E-state index in [1.807, 2.05) is 0 Å². The number of benzene rings is 3. The second kappa shape index (κ2) is 11.5. The monoisotopic (exact) mass is 564 g/mol. The van der Waals surface area contributed by atoms with Gasteiger partial charge in [0.2, 0.25) is 0 Å². The fourth-order valence-electron chi connectivity index (χ4n) is 4.69. The first-order chi connectivity index (χ1) is 18.9. The van der Waals surface area contributed by atoms with E-state index in [4.69, 9.17) is 0 Å². The fraction of sp³-hybridized carbons (Fsp3) is 0.276. The van der Waals surface area contributed by atoms with Gasteiger partial charge in [0.25, 0.3) is 0 Å². The maximum absolute atomic E-state index is 14.9. The van der Waals surface area contributed by atoms with Crippen molar-refractivity contribution in [1.82, 2.24) is 10.6 Å². The van der Waals surface area contributed by atoms with Gasteiger partial charge >= 0.3 is 18.6 Å². The van der Waals surface area contributed by atoms with Gasteiger partial charge in [0.1, 0.15) is 17.4 Å². The van der Waals surface area contributed by atoms with E-state index in [9.17, 15) is 36.2 Å². The molecule has 40 heavy (non-hydrogen) atoms. The number of aliphatic hydroxyl groups excluding tert-OH is 1. The van der Waals surface area contributed by atoms with Crippen molar-refractivity contribution < 1.29 is 41.0 Å². The maximum Gasteiger partial charge on any atom is 0.461 e. The Balaban J connectivity index is 1.81. The molecular formula is C29H26F6N2O3. The molecule has 1 fully saturated rings. The smallest absolute Gasteiger partial charge is 0.461 e. The van der Waals surface area contributed by atoms with Crippen molar-refractivity contribution in [3.05, 3.63) is 113 Å². The highest BCUT2D eigenvalue weighted by molar-refractivity contribution is 5.76. The molecule has 5 nitrogen and oxygen atoms in total. The van der Waals surface area contributed by atoms with E-state index >= 15 is 0 Å². The summed E-state index contributed by atoms with van der Waals surface area (Å²) in [6, 6.07) is 14.8. The summed E-state index contributed by atoms with van der Waals surface area (Å²) >= 11 is 0. The second-order valence-corrected chi connectivity index (χ2v) is 9.67. The van der Waals surface area contributed by atoms with Crippen LogP contribution in [0.15, 0.2) is 85.1 Å². The van der Waals surface area contributed by atoms with Gasteiger partial charge in [-0.3, -0.25) is 0 Å². The summed E-state index contributed by atoms with van der Waals surface area (Å²) in [4.78, 5) is 13.3. The molecular weight excluding hydrogens is 538 g/mol. The lowest BCUT2D eigenvalue weighted by Crippen LogP contribution is -2.56. The Morgan fingerprint density at radius 2 is 1.62 bits per heavy atom. The van der Waals surface area contributed by atoms with Crippen molar-refractivity contribution in [2.45, 2.75) is 43.4 Å². The number of hydrogen-bond acceptors (Lipinski definition) is 3. The maximum atomic E-state index is 14.9. The highest BCUT2D eigenvalue weighted by Gasteiger charge is 2.45. The first kappa shape index (κ1) is 28.8. The summed E-state index contributed by atoms with van der Waals surface area (Å²) < 4.78 is 86.1. The normalized spacial score (nSPS) is 18.4. The number of amides is 2. The van der Waals surface area contributed by atoms with Crippen LogP contribution >= 0.6 is 0 Å². The largest absolute Gasteiger partial charge is 0.513 e. The molecule has 1 aliphatic carbocycles. The van der Waals surface area contributed by atoms with Gasteiger partial charge in [0.05, 0.1) is 11.3 Å². The lowest BCUT2D eigenvalue weighted by atomic mass is 9.77. The number of ether oxygens (including phenoxy) is 1. The van der Waals surface area contributed by atoms with E-state index in [1.165, 1.54) is 12.1 Å². The number of allylic oxidation sites excluding steroid dienone is 1. The van der Waals surface area contributed by atoms with Gasteiger partial charge in [-0.05, 0) is 53.8 Å². The second-order valence-electron chi connectivity index (χ2n) is 9.67. The van der Waals surface area contributed by atoms with Gasteiger partial charge in [-0.15, -0.1) is 0 Å². The number of carbonyl (C=O) groups excluding carboxylic acids is 1. The number of carbonyl (C=O) groups is 1. The minimum absolute atomic E-state index is 0.00363. The molecule has 0 heterocycles. The van der Waals surface area contributed by atoms with Crippen LogP contribution in [0.3, 0.4) is 0 Å². The van der Waals surface area contributed by atoms with E-state index in [0.29, 0.717) is 24.5 Å². The highest BCUT2D eigenvalue weighted by atomic mass is 19.3. The van der Waals surface area contributed by atoms with Crippen LogP contribution in [0.4, 0.5) is 31.1 Å². The van der Waals surface area contributed by atoms with E-state index in [-0.39, 0.29) is 35.3 Å². The predicted octanol–water partition coefficient (Wildman–Crippen LogP) is 6.84. The van der Waals surface area contributed by atoms with Crippen LogP contribution in [-0.2, 0) is 12.0 Å². The summed E-state index contributed by atoms with van der Waals surface area (Å²) in [6.07, 6.45) is -8.32. The lowest BCUT2D eigenvalue weighted by Gasteiger charge is -2.39. The van der Waals surface area contributed by atoms with Gasteiger partial charge in [-0.1, -0.05) is 49.0 Å². The molecule has 212 valence electrons. The van der Waals surface area contributed by atoms with Gasteiger partial charge < -0.3 is 20.5 Å². The van der Waals surface area contributed by atoms with Crippen molar-refractivity contribution in [3.8, 4) is 5.75 Å². The summed E-state index contributed by atoms with van der Waals surface area (Å²) in [5, 5.41) is 15.1. The fourth-order valence-corrected chi connectivity index (χ4v) is 4.69. The van der Waals surface area contributed by atoms with Crippen molar-refractivity contribution in [1.29, 1.82) is 0 Å². The van der Waals surface area contributed by atoms with E-state index in [1.54, 1.807) is 30.3 Å². The number of urea groups is 1. The van der Waals surface area contributed by atoms with Crippen molar-refractivity contribution in [3.63, 3.8) is 0 Å². The molecule has 2 amide bonds. The van der Waals surface area contributed by atoms with Crippen LogP contribution in [0.2, 0.25) is 0 Å². The third-order valence-electron chi connectivity index (χ3n) is 6.79. The van der Waals surface area contributed by atoms with Gasteiger partial charge in [-0.25, -0.2) is 13.6 Å². The molecule has 0 unspecified atom stereocenters. The first-order valence-corrected chi connectivity index (χ1v) is 12.3. The number of alkyl halides is 4. The van der Waals surface area contributed by atoms with Crippen LogP contribution in [0, 0.1) is 17.6 Å². The Hall–Kier alpha value is -4.15. The predicted molar refractivity (Wildman–Crippen MR) is 135 cm³/mol. The van der Waals surface area contributed by atoms with Crippen molar-refractivity contribution in [2.75, 3.05) is 0 Å². The molecule has 1 atom stereocenters. The molecule has 0 radical (unpaired) electrons. The molecule has 3 N–H and O–H groups in total. The molecule has 0 spiro atoms. The van der Waals surface area contributed by atoms with Gasteiger partial charge in [-0.2, -0.15) is 17.6 Å². The minimum Gasteiger partial charge on any atom is -0.513 e. The highest BCUT2D eigenvalue weighted by Crippen LogP contribution is 2.38. The van der Waals surface area contributed by atoms with Crippen LogP contribution in [0.1, 0.15) is 29.5 Å². The lowest BCUT2D eigenvalue weighted by molar-refractivity contribution is -0.253. The molecule has 0 saturated heterocycles. The third-order valence-corrected chi connectivity index (χ3v) is 6.79. The summed E-state index contributed by atoms with van der Waals surface area (Å²) in [6.45, 7) is 3.48. The zero-order valence-corrected chi connectivity index (χ0v) is 21.0. The number of rotatable bonds is 10. The van der Waals surface area contributed by atoms with Crippen LogP contribution in [0.25, 0.3) is 0 Å². The molecule has 4 rings (SSSR count). The summed E-state index contributed by atoms with van der Waals surface area (Å²) in [5.74, 6) is -2.79. The first-order valence-electron chi connectivity index (χ1n) is 12.3. The van der Waals surface area contributed by atoms with E-state index in [2.05, 4.69) is 21.9 Å². The quantitative estimate of drug-likeness (QED) is 0.187. The molecule has 0 aromatic heterocycles.